The molecular formula is C20H31F3IN5O. The van der Waals surface area contributed by atoms with Crippen molar-refractivity contribution in [1.82, 2.24) is 20.0 Å². The number of aryl methyl sites for hydroxylation is 1. The van der Waals surface area contributed by atoms with Gasteiger partial charge in [-0.3, -0.25) is 9.69 Å². The van der Waals surface area contributed by atoms with Gasteiger partial charge in [-0.25, -0.2) is 4.99 Å². The van der Waals surface area contributed by atoms with Crippen molar-refractivity contribution in [2.45, 2.75) is 26.6 Å². The quantitative estimate of drug-likeness (QED) is 0.342. The first-order chi connectivity index (χ1) is 13.7. The van der Waals surface area contributed by atoms with Crippen LogP contribution < -0.4 is 5.32 Å². The molecule has 1 aliphatic heterocycles. The molecule has 0 aromatic heterocycles. The third-order valence-corrected chi connectivity index (χ3v) is 4.70. The van der Waals surface area contributed by atoms with Crippen LogP contribution in [0.2, 0.25) is 0 Å². The zero-order chi connectivity index (χ0) is 21.4. The fourth-order valence-corrected chi connectivity index (χ4v) is 3.23. The van der Waals surface area contributed by atoms with E-state index in [0.717, 1.165) is 39.8 Å². The Morgan fingerprint density at radius 1 is 1.23 bits per heavy atom. The Bertz CT molecular complexity index is 706. The van der Waals surface area contributed by atoms with Crippen LogP contribution in [0.4, 0.5) is 13.2 Å². The minimum Gasteiger partial charge on any atom is -0.357 e. The van der Waals surface area contributed by atoms with Gasteiger partial charge in [-0.15, -0.1) is 24.0 Å². The summed E-state index contributed by atoms with van der Waals surface area (Å²) in [5.41, 5.74) is 2.51. The zero-order valence-corrected chi connectivity index (χ0v) is 20.0. The van der Waals surface area contributed by atoms with E-state index in [4.69, 9.17) is 0 Å². The van der Waals surface area contributed by atoms with E-state index in [1.54, 1.807) is 0 Å². The van der Waals surface area contributed by atoms with Gasteiger partial charge in [0.25, 0.3) is 0 Å². The molecule has 0 spiro atoms. The van der Waals surface area contributed by atoms with Gasteiger partial charge < -0.3 is 15.1 Å². The molecule has 0 unspecified atom stereocenters. The Morgan fingerprint density at radius 2 is 1.90 bits per heavy atom. The van der Waals surface area contributed by atoms with E-state index in [1.165, 1.54) is 11.1 Å². The lowest BCUT2D eigenvalue weighted by molar-refractivity contribution is -0.157. The molecule has 170 valence electrons. The standard InChI is InChI=1S/C20H30F3N5O.HI/c1-4-24-19(25-13-18(29)26(3)15-20(21,22)23)28-10-8-27(9-11-28)14-17-7-5-6-16(2)12-17;/h5-7,12H,4,8-11,13-15H2,1-3H3,(H,24,25);1H. The first kappa shape index (κ1) is 26.5. The number of carbonyl (C=O) groups excluding carboxylic acids is 1. The maximum absolute atomic E-state index is 12.4. The molecule has 1 heterocycles. The summed E-state index contributed by atoms with van der Waals surface area (Å²) in [5, 5.41) is 3.13. The van der Waals surface area contributed by atoms with Crippen LogP contribution in [0, 0.1) is 6.92 Å². The number of alkyl halides is 3. The lowest BCUT2D eigenvalue weighted by Crippen LogP contribution is -2.52. The van der Waals surface area contributed by atoms with Crippen LogP contribution in [-0.4, -0.2) is 85.6 Å². The summed E-state index contributed by atoms with van der Waals surface area (Å²) in [6.07, 6.45) is -4.41. The average molecular weight is 541 g/mol. The minimum absolute atomic E-state index is 0. The largest absolute Gasteiger partial charge is 0.406 e. The molecular weight excluding hydrogens is 510 g/mol. The lowest BCUT2D eigenvalue weighted by atomic mass is 10.1. The number of piperazine rings is 1. The van der Waals surface area contributed by atoms with Gasteiger partial charge >= 0.3 is 6.18 Å². The normalized spacial score (nSPS) is 15.5. The zero-order valence-electron chi connectivity index (χ0n) is 17.7. The smallest absolute Gasteiger partial charge is 0.357 e. The first-order valence-electron chi connectivity index (χ1n) is 9.80. The van der Waals surface area contributed by atoms with Gasteiger partial charge in [0.05, 0.1) is 0 Å². The van der Waals surface area contributed by atoms with Crippen molar-refractivity contribution in [2.24, 2.45) is 4.99 Å². The van der Waals surface area contributed by atoms with Crippen molar-refractivity contribution in [3.63, 3.8) is 0 Å². The molecule has 30 heavy (non-hydrogen) atoms. The number of carbonyl (C=O) groups is 1. The molecule has 0 bridgehead atoms. The van der Waals surface area contributed by atoms with Crippen LogP contribution in [0.1, 0.15) is 18.1 Å². The molecule has 10 heteroatoms. The Morgan fingerprint density at radius 3 is 2.47 bits per heavy atom. The third kappa shape index (κ3) is 9.07. The molecule has 1 fully saturated rings. The van der Waals surface area contributed by atoms with Gasteiger partial charge in [0.2, 0.25) is 5.91 Å². The van der Waals surface area contributed by atoms with Crippen molar-refractivity contribution in [2.75, 3.05) is 52.9 Å². The van der Waals surface area contributed by atoms with Gasteiger partial charge in [0.1, 0.15) is 13.1 Å². The second kappa shape index (κ2) is 12.3. The molecule has 0 saturated carbocycles. The number of nitrogens with zero attached hydrogens (tertiary/aromatic N) is 4. The first-order valence-corrected chi connectivity index (χ1v) is 9.80. The maximum Gasteiger partial charge on any atom is 0.406 e. The number of hydrogen-bond acceptors (Lipinski definition) is 3. The number of amides is 1. The molecule has 0 radical (unpaired) electrons. The van der Waals surface area contributed by atoms with Crippen molar-refractivity contribution in [3.05, 3.63) is 35.4 Å². The third-order valence-electron chi connectivity index (χ3n) is 4.70. The highest BCUT2D eigenvalue weighted by atomic mass is 127. The summed E-state index contributed by atoms with van der Waals surface area (Å²) < 4.78 is 37.3. The van der Waals surface area contributed by atoms with E-state index in [2.05, 4.69) is 46.4 Å². The van der Waals surface area contributed by atoms with Crippen LogP contribution in [0.15, 0.2) is 29.3 Å². The van der Waals surface area contributed by atoms with Crippen LogP contribution in [0.3, 0.4) is 0 Å². The van der Waals surface area contributed by atoms with Crippen molar-refractivity contribution in [3.8, 4) is 0 Å². The summed E-state index contributed by atoms with van der Waals surface area (Å²) in [6.45, 7) is 7.09. The lowest BCUT2D eigenvalue weighted by Gasteiger charge is -2.36. The molecule has 1 amide bonds. The number of nitrogens with one attached hydrogen (secondary N) is 1. The van der Waals surface area contributed by atoms with Gasteiger partial charge in [-0.05, 0) is 19.4 Å². The summed E-state index contributed by atoms with van der Waals surface area (Å²) in [6, 6.07) is 8.44. The van der Waals surface area contributed by atoms with Gasteiger partial charge in [0.15, 0.2) is 5.96 Å². The topological polar surface area (TPSA) is 51.2 Å². The predicted molar refractivity (Wildman–Crippen MR) is 123 cm³/mol. The molecule has 1 aromatic rings. The van der Waals surface area contributed by atoms with E-state index in [1.807, 2.05) is 11.8 Å². The molecule has 2 rings (SSSR count). The van der Waals surface area contributed by atoms with Crippen molar-refractivity contribution < 1.29 is 18.0 Å². The fraction of sp³-hybridized carbons (Fsp3) is 0.600. The second-order valence-corrected chi connectivity index (χ2v) is 7.29. The van der Waals surface area contributed by atoms with Crippen LogP contribution in [0.25, 0.3) is 0 Å². The number of hydrogen-bond donors (Lipinski definition) is 1. The molecule has 1 aliphatic rings. The summed E-state index contributed by atoms with van der Waals surface area (Å²) in [7, 11) is 1.14. The number of likely N-dealkylation sites (N-methyl/N-ethyl adjacent to an activating group) is 1. The van der Waals surface area contributed by atoms with E-state index in [0.29, 0.717) is 17.4 Å². The Kier molecular flexibility index (Phi) is 10.9. The summed E-state index contributed by atoms with van der Waals surface area (Å²) in [5.74, 6) is -0.0905. The van der Waals surface area contributed by atoms with E-state index in [9.17, 15) is 18.0 Å². The highest BCUT2D eigenvalue weighted by molar-refractivity contribution is 14.0. The van der Waals surface area contributed by atoms with Crippen LogP contribution in [-0.2, 0) is 11.3 Å². The average Bonchev–Trinajstić information content (AvgIpc) is 2.64. The van der Waals surface area contributed by atoms with Crippen LogP contribution in [0.5, 0.6) is 0 Å². The Labute approximate surface area is 193 Å². The minimum atomic E-state index is -4.41. The monoisotopic (exact) mass is 541 g/mol. The summed E-state index contributed by atoms with van der Waals surface area (Å²) in [4.78, 5) is 21.3. The number of halogens is 4. The fourth-order valence-electron chi connectivity index (χ4n) is 3.23. The number of guanidine groups is 1. The highest BCUT2D eigenvalue weighted by Crippen LogP contribution is 2.15. The van der Waals surface area contributed by atoms with Gasteiger partial charge in [-0.1, -0.05) is 29.8 Å². The second-order valence-electron chi connectivity index (χ2n) is 7.29. The number of benzene rings is 1. The molecule has 1 aromatic carbocycles. The predicted octanol–water partition coefficient (Wildman–Crippen LogP) is 2.72. The molecule has 6 nitrogen and oxygen atoms in total. The van der Waals surface area contributed by atoms with E-state index < -0.39 is 18.6 Å². The SMILES string of the molecule is CCNC(=NCC(=O)N(C)CC(F)(F)F)N1CCN(Cc2cccc(C)c2)CC1.I. The van der Waals surface area contributed by atoms with Crippen molar-refractivity contribution in [1.29, 1.82) is 0 Å². The highest BCUT2D eigenvalue weighted by Gasteiger charge is 2.31. The molecule has 0 atom stereocenters. The number of aliphatic imine (C=N–C) groups is 1. The van der Waals surface area contributed by atoms with Crippen LogP contribution >= 0.6 is 24.0 Å². The summed E-state index contributed by atoms with van der Waals surface area (Å²) >= 11 is 0. The Hall–Kier alpha value is -1.56. The maximum atomic E-state index is 12.4. The Balaban J connectivity index is 0.00000450. The molecule has 1 saturated heterocycles. The van der Waals surface area contributed by atoms with Crippen molar-refractivity contribution >= 4 is 35.8 Å². The molecule has 0 aliphatic carbocycles. The molecule has 1 N–H and O–H groups in total. The number of rotatable bonds is 6. The van der Waals surface area contributed by atoms with E-state index >= 15 is 0 Å². The van der Waals surface area contributed by atoms with Gasteiger partial charge in [-0.2, -0.15) is 13.2 Å². The van der Waals surface area contributed by atoms with Gasteiger partial charge in [0, 0.05) is 46.3 Å². The van der Waals surface area contributed by atoms with E-state index in [-0.39, 0.29) is 30.5 Å².